The summed E-state index contributed by atoms with van der Waals surface area (Å²) in [5.74, 6) is -0.257. The molecule has 1 aromatic carbocycles. The molecule has 3 rings (SSSR count). The van der Waals surface area contributed by atoms with Crippen LogP contribution in [0.2, 0.25) is 0 Å². The molecule has 1 aromatic heterocycles. The summed E-state index contributed by atoms with van der Waals surface area (Å²) in [4.78, 5) is 17.0. The van der Waals surface area contributed by atoms with E-state index in [1.807, 2.05) is 30.3 Å². The number of halogens is 3. The van der Waals surface area contributed by atoms with Crippen LogP contribution in [0.3, 0.4) is 0 Å². The van der Waals surface area contributed by atoms with Crippen molar-refractivity contribution in [3.8, 4) is 5.88 Å². The first kappa shape index (κ1) is 17.0. The largest absolute Gasteiger partial charge is 0.471 e. The molecule has 0 unspecified atom stereocenters. The Morgan fingerprint density at radius 1 is 1.12 bits per heavy atom. The lowest BCUT2D eigenvalue weighted by Gasteiger charge is -2.38. The fraction of sp³-hybridized carbons (Fsp3) is 0.222. The molecule has 2 aromatic rings. The van der Waals surface area contributed by atoms with Crippen molar-refractivity contribution in [1.82, 2.24) is 9.88 Å². The van der Waals surface area contributed by atoms with E-state index in [1.54, 1.807) is 11.0 Å². The van der Waals surface area contributed by atoms with Crippen LogP contribution in [0.5, 0.6) is 5.88 Å². The molecule has 0 saturated carbocycles. The van der Waals surface area contributed by atoms with Crippen LogP contribution < -0.4 is 4.74 Å². The van der Waals surface area contributed by atoms with Crippen LogP contribution in [0, 0.1) is 0 Å². The number of aromatic nitrogens is 1. The number of benzene rings is 1. The third kappa shape index (κ3) is 4.37. The van der Waals surface area contributed by atoms with Gasteiger partial charge in [0, 0.05) is 12.1 Å². The number of alkyl halides is 3. The number of ether oxygens (including phenoxy) is 1. The molecule has 1 aliphatic rings. The van der Waals surface area contributed by atoms with Gasteiger partial charge in [-0.25, -0.2) is 4.98 Å². The second kappa shape index (κ2) is 6.96. The van der Waals surface area contributed by atoms with Crippen molar-refractivity contribution in [2.24, 2.45) is 0 Å². The first-order valence-corrected chi connectivity index (χ1v) is 7.65. The second-order valence-electron chi connectivity index (χ2n) is 5.59. The van der Waals surface area contributed by atoms with Crippen LogP contribution in [0.25, 0.3) is 6.08 Å². The van der Waals surface area contributed by atoms with E-state index < -0.39 is 11.9 Å². The normalized spacial score (nSPS) is 15.2. The quantitative estimate of drug-likeness (QED) is 0.796. The third-order valence-corrected chi connectivity index (χ3v) is 3.68. The zero-order valence-electron chi connectivity index (χ0n) is 13.1. The Labute approximate surface area is 142 Å². The van der Waals surface area contributed by atoms with E-state index >= 15 is 0 Å². The molecule has 2 heterocycles. The van der Waals surface area contributed by atoms with Gasteiger partial charge in [0.2, 0.25) is 11.8 Å². The first-order valence-electron chi connectivity index (χ1n) is 7.65. The van der Waals surface area contributed by atoms with Gasteiger partial charge in [-0.1, -0.05) is 36.4 Å². The molecule has 0 aliphatic carbocycles. The summed E-state index contributed by atoms with van der Waals surface area (Å²) in [7, 11) is 0. The summed E-state index contributed by atoms with van der Waals surface area (Å²) in [6.45, 7) is 0.631. The number of nitrogens with zero attached hydrogens (tertiary/aromatic N) is 2. The van der Waals surface area contributed by atoms with Gasteiger partial charge in [-0.3, -0.25) is 4.79 Å². The molecular weight excluding hydrogens is 333 g/mol. The minimum Gasteiger partial charge on any atom is -0.471 e. The minimum absolute atomic E-state index is 0.0910. The maximum Gasteiger partial charge on any atom is 0.433 e. The molecule has 130 valence electrons. The summed E-state index contributed by atoms with van der Waals surface area (Å²) in [6, 6.07) is 12.9. The topological polar surface area (TPSA) is 42.4 Å². The molecule has 1 fully saturated rings. The Morgan fingerprint density at radius 2 is 1.84 bits per heavy atom. The van der Waals surface area contributed by atoms with Gasteiger partial charge in [0.25, 0.3) is 0 Å². The van der Waals surface area contributed by atoms with Crippen LogP contribution >= 0.6 is 0 Å². The molecular formula is C18H15F3N2O2. The number of amides is 1. The lowest BCUT2D eigenvalue weighted by Crippen LogP contribution is -2.55. The Kier molecular flexibility index (Phi) is 4.74. The number of hydrogen-bond acceptors (Lipinski definition) is 3. The zero-order chi connectivity index (χ0) is 17.9. The van der Waals surface area contributed by atoms with Gasteiger partial charge in [-0.05, 0) is 17.7 Å². The Morgan fingerprint density at radius 3 is 2.52 bits per heavy atom. The Balaban J connectivity index is 1.51. The van der Waals surface area contributed by atoms with Gasteiger partial charge < -0.3 is 9.64 Å². The highest BCUT2D eigenvalue weighted by Gasteiger charge is 2.34. The van der Waals surface area contributed by atoms with Crippen molar-refractivity contribution in [1.29, 1.82) is 0 Å². The zero-order valence-corrected chi connectivity index (χ0v) is 13.1. The highest BCUT2D eigenvalue weighted by molar-refractivity contribution is 5.92. The van der Waals surface area contributed by atoms with Gasteiger partial charge in [0.05, 0.1) is 13.1 Å². The molecule has 1 saturated heterocycles. The molecule has 1 amide bonds. The van der Waals surface area contributed by atoms with Gasteiger partial charge in [0.1, 0.15) is 11.8 Å². The van der Waals surface area contributed by atoms with Crippen molar-refractivity contribution in [3.63, 3.8) is 0 Å². The van der Waals surface area contributed by atoms with Gasteiger partial charge >= 0.3 is 6.18 Å². The molecule has 0 atom stereocenters. The average Bonchev–Trinajstić information content (AvgIpc) is 2.56. The second-order valence-corrected chi connectivity index (χ2v) is 5.59. The number of hydrogen-bond donors (Lipinski definition) is 0. The molecule has 0 N–H and O–H groups in total. The van der Waals surface area contributed by atoms with Crippen LogP contribution in [0.4, 0.5) is 13.2 Å². The summed E-state index contributed by atoms with van der Waals surface area (Å²) in [5, 5.41) is 0. The Bertz CT molecular complexity index is 769. The van der Waals surface area contributed by atoms with E-state index in [2.05, 4.69) is 4.98 Å². The third-order valence-electron chi connectivity index (χ3n) is 3.68. The van der Waals surface area contributed by atoms with Crippen molar-refractivity contribution in [2.45, 2.75) is 12.3 Å². The molecule has 0 spiro atoms. The molecule has 1 aliphatic heterocycles. The maximum absolute atomic E-state index is 12.6. The summed E-state index contributed by atoms with van der Waals surface area (Å²) in [6.07, 6.45) is -1.69. The fourth-order valence-electron chi connectivity index (χ4n) is 2.34. The van der Waals surface area contributed by atoms with E-state index in [-0.39, 0.29) is 17.9 Å². The van der Waals surface area contributed by atoms with Crippen LogP contribution in [0.1, 0.15) is 11.3 Å². The monoisotopic (exact) mass is 348 g/mol. The van der Waals surface area contributed by atoms with Crippen LogP contribution in [-0.4, -0.2) is 35.0 Å². The van der Waals surface area contributed by atoms with Crippen molar-refractivity contribution in [2.75, 3.05) is 13.1 Å². The fourth-order valence-corrected chi connectivity index (χ4v) is 2.34. The first-order chi connectivity index (χ1) is 11.9. The number of carbonyl (C=O) groups is 1. The van der Waals surface area contributed by atoms with E-state index in [0.717, 1.165) is 11.6 Å². The highest BCUT2D eigenvalue weighted by atomic mass is 19.4. The smallest absolute Gasteiger partial charge is 0.433 e. The molecule has 7 heteroatoms. The number of carbonyl (C=O) groups excluding carboxylic acids is 1. The predicted octanol–water partition coefficient (Wildman–Crippen LogP) is 3.40. The molecule has 25 heavy (non-hydrogen) atoms. The van der Waals surface area contributed by atoms with E-state index in [4.69, 9.17) is 4.74 Å². The minimum atomic E-state index is -4.51. The lowest BCUT2D eigenvalue weighted by atomic mass is 10.1. The molecule has 4 nitrogen and oxygen atoms in total. The van der Waals surface area contributed by atoms with Gasteiger partial charge in [0.15, 0.2) is 0 Å². The Hall–Kier alpha value is -2.83. The molecule has 0 bridgehead atoms. The van der Waals surface area contributed by atoms with Gasteiger partial charge in [-0.2, -0.15) is 13.2 Å². The predicted molar refractivity (Wildman–Crippen MR) is 85.7 cm³/mol. The highest BCUT2D eigenvalue weighted by Crippen LogP contribution is 2.29. The summed E-state index contributed by atoms with van der Waals surface area (Å²) < 4.78 is 43.2. The van der Waals surface area contributed by atoms with Crippen LogP contribution in [0.15, 0.2) is 54.6 Å². The SMILES string of the molecule is O=C(C=Cc1ccccc1)N1CC(Oc2cccc(C(F)(F)F)n2)C1. The number of pyridine rings is 1. The van der Waals surface area contributed by atoms with E-state index in [0.29, 0.717) is 13.1 Å². The van der Waals surface area contributed by atoms with Gasteiger partial charge in [-0.15, -0.1) is 0 Å². The van der Waals surface area contributed by atoms with E-state index in [9.17, 15) is 18.0 Å². The summed E-state index contributed by atoms with van der Waals surface area (Å²) >= 11 is 0. The maximum atomic E-state index is 12.6. The lowest BCUT2D eigenvalue weighted by molar-refractivity contribution is -0.141. The number of rotatable bonds is 4. The number of likely N-dealkylation sites (tertiary alicyclic amines) is 1. The van der Waals surface area contributed by atoms with Crippen LogP contribution in [-0.2, 0) is 11.0 Å². The van der Waals surface area contributed by atoms with E-state index in [1.165, 1.54) is 18.2 Å². The summed E-state index contributed by atoms with van der Waals surface area (Å²) in [5.41, 5.74) is -0.0830. The van der Waals surface area contributed by atoms with Crippen molar-refractivity contribution < 1.29 is 22.7 Å². The van der Waals surface area contributed by atoms with Crippen molar-refractivity contribution in [3.05, 3.63) is 65.9 Å². The van der Waals surface area contributed by atoms with Crippen molar-refractivity contribution >= 4 is 12.0 Å². The molecule has 0 radical (unpaired) electrons. The standard InChI is InChI=1S/C18H15F3N2O2/c19-18(20,21)15-7-4-8-16(22-15)25-14-11-23(12-14)17(24)10-9-13-5-2-1-3-6-13/h1-10,14H,11-12H2. The average molecular weight is 348 g/mol.